The molecule has 1 N–H and O–H groups in total. The van der Waals surface area contributed by atoms with Gasteiger partial charge in [0, 0.05) is 18.1 Å². The highest BCUT2D eigenvalue weighted by atomic mass is 16.5. The van der Waals surface area contributed by atoms with Crippen LogP contribution in [0.15, 0.2) is 18.2 Å². The Balaban J connectivity index is 1.89. The topological polar surface area (TPSA) is 38.7 Å². The van der Waals surface area contributed by atoms with E-state index in [0.717, 1.165) is 36.3 Å². The average molecular weight is 290 g/mol. The van der Waals surface area contributed by atoms with Crippen LogP contribution in [0, 0.1) is 5.41 Å². The number of fused-ring (bicyclic) bond motifs is 1. The molecule has 2 aliphatic rings. The fourth-order valence-corrected chi connectivity index (χ4v) is 3.75. The van der Waals surface area contributed by atoms with E-state index < -0.39 is 6.10 Å². The van der Waals surface area contributed by atoms with E-state index in [4.69, 9.17) is 9.47 Å². The van der Waals surface area contributed by atoms with E-state index in [-0.39, 0.29) is 5.60 Å². The van der Waals surface area contributed by atoms with Crippen molar-refractivity contribution in [2.24, 2.45) is 5.41 Å². The maximum absolute atomic E-state index is 10.5. The Hall–Kier alpha value is -1.22. The van der Waals surface area contributed by atoms with Gasteiger partial charge in [-0.3, -0.25) is 0 Å². The summed E-state index contributed by atoms with van der Waals surface area (Å²) in [6.07, 6.45) is 5.89. The maximum Gasteiger partial charge on any atom is 0.129 e. The number of aliphatic hydroxyl groups excluding tert-OH is 1. The first-order valence-electron chi connectivity index (χ1n) is 7.98. The van der Waals surface area contributed by atoms with Crippen LogP contribution in [0.3, 0.4) is 0 Å². The van der Waals surface area contributed by atoms with Crippen LogP contribution in [-0.2, 0) is 0 Å². The Morgan fingerprint density at radius 3 is 2.76 bits per heavy atom. The minimum atomic E-state index is -0.430. The van der Waals surface area contributed by atoms with Crippen molar-refractivity contribution in [3.05, 3.63) is 23.8 Å². The molecule has 1 aliphatic heterocycles. The van der Waals surface area contributed by atoms with Gasteiger partial charge in [0.05, 0.1) is 13.2 Å². The molecule has 0 amide bonds. The molecule has 1 spiro atoms. The molecular weight excluding hydrogens is 264 g/mol. The summed E-state index contributed by atoms with van der Waals surface area (Å²) in [6.45, 7) is 4.67. The predicted octanol–water partition coefficient (Wildman–Crippen LogP) is 4.24. The second kappa shape index (κ2) is 5.20. The highest BCUT2D eigenvalue weighted by Gasteiger charge is 2.43. The van der Waals surface area contributed by atoms with Crippen molar-refractivity contribution in [2.45, 2.75) is 64.1 Å². The zero-order valence-corrected chi connectivity index (χ0v) is 13.3. The highest BCUT2D eigenvalue weighted by Crippen LogP contribution is 2.48. The monoisotopic (exact) mass is 290 g/mol. The van der Waals surface area contributed by atoms with Crippen molar-refractivity contribution in [3.63, 3.8) is 0 Å². The van der Waals surface area contributed by atoms with Gasteiger partial charge in [0.15, 0.2) is 0 Å². The van der Waals surface area contributed by atoms with Crippen molar-refractivity contribution < 1.29 is 14.6 Å². The van der Waals surface area contributed by atoms with Crippen LogP contribution in [-0.4, -0.2) is 17.8 Å². The van der Waals surface area contributed by atoms with E-state index in [1.165, 1.54) is 12.8 Å². The molecule has 3 nitrogen and oxygen atoms in total. The second-order valence-corrected chi connectivity index (χ2v) is 7.43. The Morgan fingerprint density at radius 1 is 1.19 bits per heavy atom. The van der Waals surface area contributed by atoms with Gasteiger partial charge in [0.2, 0.25) is 0 Å². The number of aliphatic hydroxyl groups is 1. The Kier molecular flexibility index (Phi) is 3.64. The number of hydrogen-bond donors (Lipinski definition) is 1. The summed E-state index contributed by atoms with van der Waals surface area (Å²) in [7, 11) is 1.66. The van der Waals surface area contributed by atoms with Gasteiger partial charge >= 0.3 is 0 Å². The molecule has 116 valence electrons. The van der Waals surface area contributed by atoms with Crippen molar-refractivity contribution in [3.8, 4) is 11.5 Å². The number of rotatable bonds is 1. The van der Waals surface area contributed by atoms with Gasteiger partial charge in [-0.15, -0.1) is 0 Å². The van der Waals surface area contributed by atoms with Crippen LogP contribution < -0.4 is 9.47 Å². The number of ether oxygens (including phenoxy) is 2. The van der Waals surface area contributed by atoms with Gasteiger partial charge in [0.25, 0.3) is 0 Å². The average Bonchev–Trinajstić information content (AvgIpc) is 2.58. The first kappa shape index (κ1) is 14.7. The highest BCUT2D eigenvalue weighted by molar-refractivity contribution is 5.44. The van der Waals surface area contributed by atoms with Crippen LogP contribution in [0.2, 0.25) is 0 Å². The minimum absolute atomic E-state index is 0.202. The maximum atomic E-state index is 10.5. The molecule has 1 saturated carbocycles. The third-order valence-corrected chi connectivity index (χ3v) is 5.21. The lowest BCUT2D eigenvalue weighted by atomic mass is 9.81. The molecule has 2 atom stereocenters. The van der Waals surface area contributed by atoms with E-state index in [1.807, 2.05) is 18.2 Å². The lowest BCUT2D eigenvalue weighted by Gasteiger charge is -2.41. The first-order valence-corrected chi connectivity index (χ1v) is 7.98. The van der Waals surface area contributed by atoms with Gasteiger partial charge in [-0.25, -0.2) is 0 Å². The van der Waals surface area contributed by atoms with Gasteiger partial charge in [-0.1, -0.05) is 13.8 Å². The van der Waals surface area contributed by atoms with Crippen LogP contribution in [0.25, 0.3) is 0 Å². The Bertz CT molecular complexity index is 523. The molecule has 1 aromatic carbocycles. The zero-order valence-electron chi connectivity index (χ0n) is 13.3. The molecular formula is C18H26O3. The molecule has 0 bridgehead atoms. The molecule has 2 unspecified atom stereocenters. The minimum Gasteiger partial charge on any atom is -0.497 e. The molecule has 0 radical (unpaired) electrons. The zero-order chi connectivity index (χ0) is 15.1. The van der Waals surface area contributed by atoms with Crippen molar-refractivity contribution in [1.29, 1.82) is 0 Å². The van der Waals surface area contributed by atoms with Crippen LogP contribution in [0.4, 0.5) is 0 Å². The number of methoxy groups -OCH3 is 1. The summed E-state index contributed by atoms with van der Waals surface area (Å²) in [5.74, 6) is 1.58. The SMILES string of the molecule is COc1ccc2c(c1)OC1(CCCC(C)(C)CC1)CC2O. The number of hydrogen-bond acceptors (Lipinski definition) is 3. The quantitative estimate of drug-likeness (QED) is 0.840. The molecule has 1 heterocycles. The summed E-state index contributed by atoms with van der Waals surface area (Å²) in [5, 5.41) is 10.5. The molecule has 3 rings (SSSR count). The molecule has 0 aromatic heterocycles. The third-order valence-electron chi connectivity index (χ3n) is 5.21. The standard InChI is InChI=1S/C18H26O3/c1-17(2)7-4-8-18(10-9-17)12-15(19)14-6-5-13(20-3)11-16(14)21-18/h5-6,11,15,19H,4,7-10,12H2,1-3H3. The summed E-state index contributed by atoms with van der Waals surface area (Å²) in [6, 6.07) is 5.72. The van der Waals surface area contributed by atoms with Crippen LogP contribution >= 0.6 is 0 Å². The van der Waals surface area contributed by atoms with Gasteiger partial charge in [0.1, 0.15) is 17.1 Å². The summed E-state index contributed by atoms with van der Waals surface area (Å²) >= 11 is 0. The first-order chi connectivity index (χ1) is 9.93. The summed E-state index contributed by atoms with van der Waals surface area (Å²) in [4.78, 5) is 0. The van der Waals surface area contributed by atoms with Gasteiger partial charge in [-0.05, 0) is 49.7 Å². The van der Waals surface area contributed by atoms with Crippen molar-refractivity contribution >= 4 is 0 Å². The molecule has 1 fully saturated rings. The largest absolute Gasteiger partial charge is 0.497 e. The van der Waals surface area contributed by atoms with Crippen molar-refractivity contribution in [1.82, 2.24) is 0 Å². The van der Waals surface area contributed by atoms with E-state index in [2.05, 4.69) is 13.8 Å². The van der Waals surface area contributed by atoms with E-state index in [1.54, 1.807) is 7.11 Å². The third kappa shape index (κ3) is 2.89. The lowest BCUT2D eigenvalue weighted by molar-refractivity contribution is -0.0261. The van der Waals surface area contributed by atoms with E-state index in [9.17, 15) is 5.11 Å². The van der Waals surface area contributed by atoms with Gasteiger partial charge in [-0.2, -0.15) is 0 Å². The normalized spacial score (nSPS) is 31.1. The molecule has 1 aromatic rings. The molecule has 1 aliphatic carbocycles. The van der Waals surface area contributed by atoms with Crippen molar-refractivity contribution in [2.75, 3.05) is 7.11 Å². The molecule has 3 heteroatoms. The van der Waals surface area contributed by atoms with E-state index >= 15 is 0 Å². The molecule has 21 heavy (non-hydrogen) atoms. The fraction of sp³-hybridized carbons (Fsp3) is 0.667. The van der Waals surface area contributed by atoms with Crippen LogP contribution in [0.1, 0.15) is 64.0 Å². The summed E-state index contributed by atoms with van der Waals surface area (Å²) in [5.41, 5.74) is 1.07. The molecule has 0 saturated heterocycles. The number of benzene rings is 1. The predicted molar refractivity (Wildman–Crippen MR) is 82.8 cm³/mol. The lowest BCUT2D eigenvalue weighted by Crippen LogP contribution is -2.40. The smallest absolute Gasteiger partial charge is 0.129 e. The summed E-state index contributed by atoms with van der Waals surface area (Å²) < 4.78 is 11.7. The van der Waals surface area contributed by atoms with E-state index in [0.29, 0.717) is 11.8 Å². The Labute approximate surface area is 127 Å². The van der Waals surface area contributed by atoms with Crippen LogP contribution in [0.5, 0.6) is 11.5 Å². The second-order valence-electron chi connectivity index (χ2n) is 7.43. The Morgan fingerprint density at radius 2 is 2.00 bits per heavy atom. The fourth-order valence-electron chi connectivity index (χ4n) is 3.75. The van der Waals surface area contributed by atoms with Gasteiger partial charge < -0.3 is 14.6 Å².